The molecule has 4 rings (SSSR count). The minimum atomic E-state index is -0.125. The van der Waals surface area contributed by atoms with E-state index >= 15 is 0 Å². The van der Waals surface area contributed by atoms with Crippen LogP contribution in [0.25, 0.3) is 0 Å². The molecule has 0 bridgehead atoms. The van der Waals surface area contributed by atoms with Crippen molar-refractivity contribution in [2.24, 2.45) is 5.92 Å². The van der Waals surface area contributed by atoms with Crippen LogP contribution in [-0.2, 0) is 4.74 Å². The molecule has 2 unspecified atom stereocenters. The van der Waals surface area contributed by atoms with Crippen LogP contribution in [0, 0.1) is 12.8 Å². The summed E-state index contributed by atoms with van der Waals surface area (Å²) in [4.78, 5) is 2.55. The lowest BCUT2D eigenvalue weighted by Gasteiger charge is -2.39. The fourth-order valence-electron chi connectivity index (χ4n) is 5.38. The topological polar surface area (TPSA) is 12.5 Å². The van der Waals surface area contributed by atoms with Gasteiger partial charge in [0.05, 0.1) is 11.6 Å². The van der Waals surface area contributed by atoms with Gasteiger partial charge in [-0.2, -0.15) is 0 Å². The van der Waals surface area contributed by atoms with Gasteiger partial charge in [0, 0.05) is 11.3 Å². The zero-order valence-electron chi connectivity index (χ0n) is 17.7. The third kappa shape index (κ3) is 3.59. The summed E-state index contributed by atoms with van der Waals surface area (Å²) in [7, 11) is 0. The molecule has 0 aromatic heterocycles. The third-order valence-corrected chi connectivity index (χ3v) is 7.26. The van der Waals surface area contributed by atoms with E-state index < -0.39 is 0 Å². The maximum Gasteiger partial charge on any atom is 0.157 e. The first kappa shape index (κ1) is 19.5. The molecule has 1 aliphatic heterocycles. The van der Waals surface area contributed by atoms with E-state index in [1.807, 2.05) is 0 Å². The molecule has 2 fully saturated rings. The zero-order valence-corrected chi connectivity index (χ0v) is 17.7. The average Bonchev–Trinajstić information content (AvgIpc) is 2.95. The highest BCUT2D eigenvalue weighted by Gasteiger charge is 2.52. The number of benzene rings is 2. The highest BCUT2D eigenvalue weighted by molar-refractivity contribution is 5.56. The summed E-state index contributed by atoms with van der Waals surface area (Å²) in [5, 5.41) is 0. The summed E-state index contributed by atoms with van der Waals surface area (Å²) >= 11 is 0. The van der Waals surface area contributed by atoms with Gasteiger partial charge < -0.3 is 9.64 Å². The third-order valence-electron chi connectivity index (χ3n) is 7.26. The molecule has 0 amide bonds. The van der Waals surface area contributed by atoms with Crippen molar-refractivity contribution in [2.45, 2.75) is 83.6 Å². The summed E-state index contributed by atoms with van der Waals surface area (Å²) in [5.74, 6) is 0.628. The molecule has 2 aromatic carbocycles. The van der Waals surface area contributed by atoms with Gasteiger partial charge in [-0.05, 0) is 51.2 Å². The van der Waals surface area contributed by atoms with Crippen molar-refractivity contribution in [3.63, 3.8) is 0 Å². The molecule has 0 radical (unpaired) electrons. The second-order valence-corrected chi connectivity index (χ2v) is 8.98. The molecule has 3 atom stereocenters. The van der Waals surface area contributed by atoms with E-state index in [-0.39, 0.29) is 11.8 Å². The molecule has 1 saturated heterocycles. The van der Waals surface area contributed by atoms with Crippen molar-refractivity contribution in [1.29, 1.82) is 0 Å². The highest BCUT2D eigenvalue weighted by Crippen LogP contribution is 2.50. The largest absolute Gasteiger partial charge is 0.345 e. The fraction of sp³-hybridized carbons (Fsp3) is 0.538. The van der Waals surface area contributed by atoms with Crippen molar-refractivity contribution < 1.29 is 4.74 Å². The number of anilines is 1. The molecular formula is C26H35NO. The Kier molecular flexibility index (Phi) is 5.78. The van der Waals surface area contributed by atoms with Gasteiger partial charge in [-0.15, -0.1) is 0 Å². The predicted octanol–water partition coefficient (Wildman–Crippen LogP) is 7.04. The van der Waals surface area contributed by atoms with Gasteiger partial charge in [0.2, 0.25) is 0 Å². The molecule has 2 nitrogen and oxygen atoms in total. The van der Waals surface area contributed by atoms with Crippen molar-refractivity contribution >= 4 is 5.69 Å². The Bertz CT molecular complexity index is 765. The minimum Gasteiger partial charge on any atom is -0.345 e. The molecule has 1 saturated carbocycles. The van der Waals surface area contributed by atoms with Crippen LogP contribution in [0.2, 0.25) is 0 Å². The maximum atomic E-state index is 7.03. The van der Waals surface area contributed by atoms with Crippen LogP contribution in [0.4, 0.5) is 5.69 Å². The van der Waals surface area contributed by atoms with E-state index in [4.69, 9.17) is 4.74 Å². The molecule has 150 valence electrons. The summed E-state index contributed by atoms with van der Waals surface area (Å²) in [5.41, 5.74) is 3.76. The Morgan fingerprint density at radius 1 is 0.857 bits per heavy atom. The number of hydrogen-bond donors (Lipinski definition) is 0. The SMILES string of the molecule is Cc1ccccc1N1C(c2ccccc2)OC(C)(C2CCCCCCC2)[C@@H]1C. The van der Waals surface area contributed by atoms with Crippen molar-refractivity contribution in [3.05, 3.63) is 65.7 Å². The van der Waals surface area contributed by atoms with E-state index in [0.29, 0.717) is 12.0 Å². The lowest BCUT2D eigenvalue weighted by molar-refractivity contribution is -0.0793. The Labute approximate surface area is 170 Å². The van der Waals surface area contributed by atoms with Gasteiger partial charge >= 0.3 is 0 Å². The molecular weight excluding hydrogens is 342 g/mol. The standard InChI is InChI=1S/C26H35NO/c1-20-14-12-13-19-24(20)27-21(2)26(3,23-17-10-5-4-6-11-18-23)28-25(27)22-15-8-7-9-16-22/h7-9,12-16,19,21,23,25H,4-6,10-11,17-18H2,1-3H3/t21-,25?,26?/m0/s1. The molecule has 28 heavy (non-hydrogen) atoms. The van der Waals surface area contributed by atoms with Crippen LogP contribution in [0.1, 0.15) is 76.1 Å². The maximum absolute atomic E-state index is 7.03. The van der Waals surface area contributed by atoms with Crippen molar-refractivity contribution in [1.82, 2.24) is 0 Å². The van der Waals surface area contributed by atoms with Crippen LogP contribution in [0.3, 0.4) is 0 Å². The van der Waals surface area contributed by atoms with E-state index in [9.17, 15) is 0 Å². The molecule has 2 aromatic rings. The van der Waals surface area contributed by atoms with Gasteiger partial charge in [0.1, 0.15) is 0 Å². The quantitative estimate of drug-likeness (QED) is 0.569. The van der Waals surface area contributed by atoms with E-state index in [2.05, 4.69) is 80.3 Å². The number of ether oxygens (including phenoxy) is 1. The minimum absolute atomic E-state index is 0.0206. The monoisotopic (exact) mass is 377 g/mol. The second-order valence-electron chi connectivity index (χ2n) is 8.98. The number of rotatable bonds is 3. The van der Waals surface area contributed by atoms with E-state index in [1.165, 1.54) is 61.8 Å². The second kappa shape index (κ2) is 8.29. The van der Waals surface area contributed by atoms with Crippen molar-refractivity contribution in [3.8, 4) is 0 Å². The summed E-state index contributed by atoms with van der Waals surface area (Å²) in [6.07, 6.45) is 9.42. The first-order chi connectivity index (χ1) is 13.6. The molecule has 0 spiro atoms. The van der Waals surface area contributed by atoms with Crippen molar-refractivity contribution in [2.75, 3.05) is 4.90 Å². The molecule has 2 heteroatoms. The molecule has 2 aliphatic rings. The lowest BCUT2D eigenvalue weighted by atomic mass is 9.76. The number of nitrogens with zero attached hydrogens (tertiary/aromatic N) is 1. The van der Waals surface area contributed by atoms with Gasteiger partial charge in [-0.3, -0.25) is 0 Å². The summed E-state index contributed by atoms with van der Waals surface area (Å²) in [6, 6.07) is 19.9. The van der Waals surface area contributed by atoms with Crippen LogP contribution in [-0.4, -0.2) is 11.6 Å². The summed E-state index contributed by atoms with van der Waals surface area (Å²) in [6.45, 7) is 6.99. The summed E-state index contributed by atoms with van der Waals surface area (Å²) < 4.78 is 7.03. The highest BCUT2D eigenvalue weighted by atomic mass is 16.5. The molecule has 1 heterocycles. The fourth-order valence-corrected chi connectivity index (χ4v) is 5.38. The Morgan fingerprint density at radius 3 is 2.14 bits per heavy atom. The van der Waals surface area contributed by atoms with Gasteiger partial charge in [0.25, 0.3) is 0 Å². The number of para-hydroxylation sites is 1. The van der Waals surface area contributed by atoms with Gasteiger partial charge in [-0.1, -0.05) is 80.6 Å². The predicted molar refractivity (Wildman–Crippen MR) is 118 cm³/mol. The first-order valence-electron chi connectivity index (χ1n) is 11.2. The Balaban J connectivity index is 1.73. The number of aryl methyl sites for hydroxylation is 1. The molecule has 1 aliphatic carbocycles. The number of hydrogen-bond acceptors (Lipinski definition) is 2. The Hall–Kier alpha value is -1.80. The van der Waals surface area contributed by atoms with Gasteiger partial charge in [-0.25, -0.2) is 0 Å². The van der Waals surface area contributed by atoms with Crippen LogP contribution < -0.4 is 4.90 Å². The first-order valence-corrected chi connectivity index (χ1v) is 11.2. The Morgan fingerprint density at radius 2 is 1.46 bits per heavy atom. The van der Waals surface area contributed by atoms with E-state index in [1.54, 1.807) is 0 Å². The molecule has 0 N–H and O–H groups in total. The van der Waals surface area contributed by atoms with Crippen LogP contribution >= 0.6 is 0 Å². The van der Waals surface area contributed by atoms with Gasteiger partial charge in [0.15, 0.2) is 6.23 Å². The van der Waals surface area contributed by atoms with Crippen LogP contribution in [0.15, 0.2) is 54.6 Å². The average molecular weight is 378 g/mol. The zero-order chi connectivity index (χ0) is 19.6. The van der Waals surface area contributed by atoms with E-state index in [0.717, 1.165) is 0 Å². The van der Waals surface area contributed by atoms with Crippen LogP contribution in [0.5, 0.6) is 0 Å². The lowest BCUT2D eigenvalue weighted by Crippen LogP contribution is -2.47. The normalized spacial score (nSPS) is 29.5. The smallest absolute Gasteiger partial charge is 0.157 e.